The fourth-order valence-electron chi connectivity index (χ4n) is 2.61. The zero-order chi connectivity index (χ0) is 12.6. The molecule has 1 amide bonds. The van der Waals surface area contributed by atoms with E-state index >= 15 is 0 Å². The molecular weight excluding hydrogens is 210 g/mol. The van der Waals surface area contributed by atoms with Crippen molar-refractivity contribution >= 4 is 5.91 Å². The van der Waals surface area contributed by atoms with Crippen molar-refractivity contribution in [2.45, 2.75) is 39.7 Å². The van der Waals surface area contributed by atoms with Gasteiger partial charge in [-0.3, -0.25) is 4.79 Å². The molecule has 1 atom stereocenters. The molecule has 0 spiro atoms. The Morgan fingerprint density at radius 3 is 2.59 bits per heavy atom. The van der Waals surface area contributed by atoms with Crippen LogP contribution in [0.4, 0.5) is 0 Å². The number of fused-ring (bicyclic) bond motifs is 1. The van der Waals surface area contributed by atoms with E-state index in [0.29, 0.717) is 0 Å². The first kappa shape index (κ1) is 12.2. The normalized spacial score (nSPS) is 18.9. The molecule has 0 heterocycles. The zero-order valence-corrected chi connectivity index (χ0v) is 11.2. The molecule has 92 valence electrons. The Morgan fingerprint density at radius 2 is 1.94 bits per heavy atom. The largest absolute Gasteiger partial charge is 0.338 e. The van der Waals surface area contributed by atoms with Crippen LogP contribution in [-0.2, 0) is 11.2 Å². The van der Waals surface area contributed by atoms with Crippen molar-refractivity contribution in [1.82, 2.24) is 4.90 Å². The zero-order valence-electron chi connectivity index (χ0n) is 11.2. The number of nitrogens with zero attached hydrogens (tertiary/aromatic N) is 1. The predicted molar refractivity (Wildman–Crippen MR) is 69.7 cm³/mol. The third-order valence-corrected chi connectivity index (χ3v) is 3.53. The lowest BCUT2D eigenvalue weighted by molar-refractivity contribution is -0.140. The number of benzene rings is 1. The molecule has 0 N–H and O–H groups in total. The van der Waals surface area contributed by atoms with Crippen LogP contribution in [0.1, 0.15) is 44.4 Å². The van der Waals surface area contributed by atoms with Gasteiger partial charge in [0.1, 0.15) is 0 Å². The van der Waals surface area contributed by atoms with E-state index in [4.69, 9.17) is 0 Å². The van der Waals surface area contributed by atoms with E-state index in [2.05, 4.69) is 24.3 Å². The second-order valence-electron chi connectivity index (χ2n) is 5.92. The van der Waals surface area contributed by atoms with E-state index in [9.17, 15) is 4.79 Å². The molecule has 0 aromatic heterocycles. The number of hydrogen-bond acceptors (Lipinski definition) is 1. The first-order valence-corrected chi connectivity index (χ1v) is 6.26. The van der Waals surface area contributed by atoms with Crippen molar-refractivity contribution in [2.75, 3.05) is 7.05 Å². The maximum absolute atomic E-state index is 12.3. The summed E-state index contributed by atoms with van der Waals surface area (Å²) in [6.45, 7) is 5.94. The molecule has 1 aliphatic carbocycles. The van der Waals surface area contributed by atoms with Gasteiger partial charge < -0.3 is 4.90 Å². The van der Waals surface area contributed by atoms with Gasteiger partial charge in [0.15, 0.2) is 0 Å². The number of hydrogen-bond donors (Lipinski definition) is 0. The van der Waals surface area contributed by atoms with Crippen LogP contribution in [0, 0.1) is 5.41 Å². The number of aryl methyl sites for hydroxylation is 1. The van der Waals surface area contributed by atoms with Crippen molar-refractivity contribution in [1.29, 1.82) is 0 Å². The molecule has 2 nitrogen and oxygen atoms in total. The van der Waals surface area contributed by atoms with E-state index < -0.39 is 0 Å². The highest BCUT2D eigenvalue weighted by Gasteiger charge is 2.33. The van der Waals surface area contributed by atoms with E-state index in [1.807, 2.05) is 32.7 Å². The molecule has 0 radical (unpaired) electrons. The minimum absolute atomic E-state index is 0.221. The second-order valence-corrected chi connectivity index (χ2v) is 5.92. The number of carbonyl (C=O) groups is 1. The Kier molecular flexibility index (Phi) is 2.98. The van der Waals surface area contributed by atoms with Crippen LogP contribution in [0.5, 0.6) is 0 Å². The molecule has 17 heavy (non-hydrogen) atoms. The summed E-state index contributed by atoms with van der Waals surface area (Å²) in [5.74, 6) is 0.221. The van der Waals surface area contributed by atoms with E-state index in [1.165, 1.54) is 11.1 Å². The smallest absolute Gasteiger partial charge is 0.228 e. The lowest BCUT2D eigenvalue weighted by atomic mass is 9.93. The maximum Gasteiger partial charge on any atom is 0.228 e. The third-order valence-electron chi connectivity index (χ3n) is 3.53. The Balaban J connectivity index is 2.24. The lowest BCUT2D eigenvalue weighted by Gasteiger charge is -2.31. The SMILES string of the molecule is CN(C(=O)C(C)(C)C)C1CCc2ccccc21. The maximum atomic E-state index is 12.3. The van der Waals surface area contributed by atoms with Crippen molar-refractivity contribution in [3.05, 3.63) is 35.4 Å². The molecule has 1 aliphatic rings. The number of rotatable bonds is 1. The minimum Gasteiger partial charge on any atom is -0.338 e. The molecular formula is C15H21NO. The molecule has 1 aromatic carbocycles. The van der Waals surface area contributed by atoms with Gasteiger partial charge in [-0.25, -0.2) is 0 Å². The van der Waals surface area contributed by atoms with Crippen LogP contribution in [0.3, 0.4) is 0 Å². The van der Waals surface area contributed by atoms with Gasteiger partial charge in [-0.15, -0.1) is 0 Å². The lowest BCUT2D eigenvalue weighted by Crippen LogP contribution is -2.38. The van der Waals surface area contributed by atoms with Crippen molar-refractivity contribution in [2.24, 2.45) is 5.41 Å². The van der Waals surface area contributed by atoms with Crippen molar-refractivity contribution < 1.29 is 4.79 Å². The molecule has 2 heteroatoms. The summed E-state index contributed by atoms with van der Waals surface area (Å²) in [4.78, 5) is 14.2. The summed E-state index contributed by atoms with van der Waals surface area (Å²) >= 11 is 0. The van der Waals surface area contributed by atoms with E-state index in [1.54, 1.807) is 0 Å². The number of amides is 1. The Bertz CT molecular complexity index is 431. The highest BCUT2D eigenvalue weighted by Crippen LogP contribution is 2.36. The van der Waals surface area contributed by atoms with Crippen LogP contribution in [0.2, 0.25) is 0 Å². The second kappa shape index (κ2) is 4.17. The fourth-order valence-corrected chi connectivity index (χ4v) is 2.61. The Morgan fingerprint density at radius 1 is 1.29 bits per heavy atom. The van der Waals surface area contributed by atoms with Crippen LogP contribution in [0.25, 0.3) is 0 Å². The monoisotopic (exact) mass is 231 g/mol. The first-order valence-electron chi connectivity index (χ1n) is 6.26. The molecule has 2 rings (SSSR count). The molecule has 0 aliphatic heterocycles. The van der Waals surface area contributed by atoms with Crippen LogP contribution in [0.15, 0.2) is 24.3 Å². The molecule has 1 unspecified atom stereocenters. The highest BCUT2D eigenvalue weighted by atomic mass is 16.2. The van der Waals surface area contributed by atoms with Gasteiger partial charge >= 0.3 is 0 Å². The fraction of sp³-hybridized carbons (Fsp3) is 0.533. The Labute approximate surface area is 104 Å². The average molecular weight is 231 g/mol. The van der Waals surface area contributed by atoms with Gasteiger partial charge in [0, 0.05) is 12.5 Å². The summed E-state index contributed by atoms with van der Waals surface area (Å²) in [7, 11) is 1.93. The van der Waals surface area contributed by atoms with Gasteiger partial charge in [-0.1, -0.05) is 45.0 Å². The van der Waals surface area contributed by atoms with E-state index in [-0.39, 0.29) is 17.4 Å². The van der Waals surface area contributed by atoms with Gasteiger partial charge in [0.2, 0.25) is 5.91 Å². The van der Waals surface area contributed by atoms with Crippen LogP contribution in [-0.4, -0.2) is 17.9 Å². The van der Waals surface area contributed by atoms with Gasteiger partial charge in [-0.2, -0.15) is 0 Å². The number of carbonyl (C=O) groups excluding carboxylic acids is 1. The van der Waals surface area contributed by atoms with Crippen LogP contribution >= 0.6 is 0 Å². The topological polar surface area (TPSA) is 20.3 Å². The predicted octanol–water partition coefficient (Wildman–Crippen LogP) is 3.18. The summed E-state index contributed by atoms with van der Waals surface area (Å²) in [5, 5.41) is 0. The molecule has 0 fully saturated rings. The Hall–Kier alpha value is -1.31. The minimum atomic E-state index is -0.299. The van der Waals surface area contributed by atoms with Gasteiger partial charge in [0.25, 0.3) is 0 Å². The standard InChI is InChI=1S/C15H21NO/c1-15(2,3)14(17)16(4)13-10-9-11-7-5-6-8-12(11)13/h5-8,13H,9-10H2,1-4H3. The summed E-state index contributed by atoms with van der Waals surface area (Å²) in [6, 6.07) is 8.72. The summed E-state index contributed by atoms with van der Waals surface area (Å²) < 4.78 is 0. The quantitative estimate of drug-likeness (QED) is 0.727. The highest BCUT2D eigenvalue weighted by molar-refractivity contribution is 5.81. The first-order chi connectivity index (χ1) is 7.91. The van der Waals surface area contributed by atoms with Gasteiger partial charge in [0.05, 0.1) is 6.04 Å². The van der Waals surface area contributed by atoms with Crippen molar-refractivity contribution in [3.8, 4) is 0 Å². The summed E-state index contributed by atoms with van der Waals surface area (Å²) in [6.07, 6.45) is 2.14. The van der Waals surface area contributed by atoms with Crippen molar-refractivity contribution in [3.63, 3.8) is 0 Å². The van der Waals surface area contributed by atoms with Gasteiger partial charge in [-0.05, 0) is 24.0 Å². The molecule has 0 bridgehead atoms. The average Bonchev–Trinajstić information content (AvgIpc) is 2.69. The molecule has 0 saturated carbocycles. The molecule has 1 aromatic rings. The van der Waals surface area contributed by atoms with Crippen LogP contribution < -0.4 is 0 Å². The third kappa shape index (κ3) is 2.21. The summed E-state index contributed by atoms with van der Waals surface area (Å²) in [5.41, 5.74) is 2.42. The molecule has 0 saturated heterocycles. The van der Waals surface area contributed by atoms with E-state index in [0.717, 1.165) is 12.8 Å².